The Bertz CT molecular complexity index is 725. The lowest BCUT2D eigenvalue weighted by molar-refractivity contribution is -0.122. The van der Waals surface area contributed by atoms with E-state index in [1.54, 1.807) is 6.92 Å². The number of carbonyl (C=O) groups is 2. The molecule has 26 heavy (non-hydrogen) atoms. The summed E-state index contributed by atoms with van der Waals surface area (Å²) >= 11 is 0. The minimum absolute atomic E-state index is 0.0579. The predicted molar refractivity (Wildman–Crippen MR) is 102 cm³/mol. The van der Waals surface area contributed by atoms with Crippen molar-refractivity contribution in [1.29, 1.82) is 0 Å². The lowest BCUT2D eigenvalue weighted by Gasteiger charge is -2.09. The molecule has 0 bridgehead atoms. The maximum absolute atomic E-state index is 11.9. The fraction of sp³-hybridized carbons (Fsp3) is 0.300. The highest BCUT2D eigenvalue weighted by Gasteiger charge is 2.06. The third kappa shape index (κ3) is 6.57. The first-order valence-corrected chi connectivity index (χ1v) is 8.55. The van der Waals surface area contributed by atoms with E-state index in [-0.39, 0.29) is 18.4 Å². The molecule has 4 N–H and O–H groups in total. The molecule has 0 saturated carbocycles. The van der Waals surface area contributed by atoms with Gasteiger partial charge in [-0.05, 0) is 50.1 Å². The van der Waals surface area contributed by atoms with E-state index in [1.165, 1.54) is 0 Å². The molecule has 0 spiro atoms. The number of nitrogens with one attached hydrogen (secondary N) is 2. The zero-order valence-corrected chi connectivity index (χ0v) is 15.1. The Morgan fingerprint density at radius 3 is 2.35 bits per heavy atom. The molecule has 138 valence electrons. The summed E-state index contributed by atoms with van der Waals surface area (Å²) < 4.78 is 5.49. The van der Waals surface area contributed by atoms with Crippen LogP contribution in [-0.4, -0.2) is 31.0 Å². The average molecular weight is 355 g/mol. The lowest BCUT2D eigenvalue weighted by atomic mass is 10.1. The molecule has 0 fully saturated rings. The van der Waals surface area contributed by atoms with Crippen LogP contribution in [0.4, 0.5) is 5.69 Å². The number of hydrogen-bond donors (Lipinski definition) is 3. The summed E-state index contributed by atoms with van der Waals surface area (Å²) in [6.45, 7) is 4.11. The number of benzene rings is 2. The van der Waals surface area contributed by atoms with Crippen molar-refractivity contribution < 1.29 is 14.3 Å². The molecule has 0 aromatic heterocycles. The first-order chi connectivity index (χ1) is 12.4. The third-order valence-electron chi connectivity index (χ3n) is 3.76. The summed E-state index contributed by atoms with van der Waals surface area (Å²) in [6.07, 6.45) is 0.701. The minimum atomic E-state index is -0.503. The van der Waals surface area contributed by atoms with Crippen LogP contribution in [0.15, 0.2) is 48.5 Å². The molecule has 0 unspecified atom stereocenters. The molecule has 0 aliphatic rings. The van der Waals surface area contributed by atoms with Crippen LogP contribution in [0.5, 0.6) is 5.75 Å². The first kappa shape index (κ1) is 19.5. The maximum atomic E-state index is 11.9. The zero-order valence-electron chi connectivity index (χ0n) is 15.1. The van der Waals surface area contributed by atoms with Crippen LogP contribution in [0.3, 0.4) is 0 Å². The topological polar surface area (TPSA) is 93.5 Å². The van der Waals surface area contributed by atoms with Gasteiger partial charge < -0.3 is 21.1 Å². The number of amides is 2. The van der Waals surface area contributed by atoms with Crippen molar-refractivity contribution in [1.82, 2.24) is 5.32 Å². The van der Waals surface area contributed by atoms with Crippen molar-refractivity contribution in [3.05, 3.63) is 59.7 Å². The Balaban J connectivity index is 1.73. The van der Waals surface area contributed by atoms with Crippen molar-refractivity contribution in [3.63, 3.8) is 0 Å². The fourth-order valence-electron chi connectivity index (χ4n) is 2.23. The SMILES string of the molecule is Cc1ccc(NC(=O)COc2ccc(CCNC(=O)[C@@H](C)N)cc2)cc1. The van der Waals surface area contributed by atoms with Gasteiger partial charge in [-0.25, -0.2) is 0 Å². The molecular weight excluding hydrogens is 330 g/mol. The Labute approximate surface area is 153 Å². The summed E-state index contributed by atoms with van der Waals surface area (Å²) in [5.41, 5.74) is 8.43. The van der Waals surface area contributed by atoms with Crippen LogP contribution in [0.1, 0.15) is 18.1 Å². The van der Waals surface area contributed by atoms with Crippen molar-refractivity contribution in [3.8, 4) is 5.75 Å². The molecule has 2 aromatic carbocycles. The van der Waals surface area contributed by atoms with E-state index in [9.17, 15) is 9.59 Å². The standard InChI is InChI=1S/C20H25N3O3/c1-14-3-7-17(8-4-14)23-19(24)13-26-18-9-5-16(6-10-18)11-12-22-20(25)15(2)21/h3-10,15H,11-13,21H2,1-2H3,(H,22,25)(H,23,24)/t15-/m1/s1. The molecule has 6 heteroatoms. The molecule has 0 heterocycles. The predicted octanol–water partition coefficient (Wildman–Crippen LogP) is 2.02. The van der Waals surface area contributed by atoms with E-state index in [2.05, 4.69) is 10.6 Å². The Kier molecular flexibility index (Phi) is 7.17. The second-order valence-corrected chi connectivity index (χ2v) is 6.18. The van der Waals surface area contributed by atoms with E-state index < -0.39 is 6.04 Å². The number of hydrogen-bond acceptors (Lipinski definition) is 4. The van der Waals surface area contributed by atoms with Crippen LogP contribution in [0, 0.1) is 6.92 Å². The minimum Gasteiger partial charge on any atom is -0.484 e. The van der Waals surface area contributed by atoms with Crippen molar-refractivity contribution >= 4 is 17.5 Å². The Morgan fingerprint density at radius 1 is 1.08 bits per heavy atom. The smallest absolute Gasteiger partial charge is 0.262 e. The van der Waals surface area contributed by atoms with Gasteiger partial charge in [0.05, 0.1) is 6.04 Å². The molecule has 0 aliphatic heterocycles. The number of nitrogens with two attached hydrogens (primary N) is 1. The van der Waals surface area contributed by atoms with Crippen LogP contribution >= 0.6 is 0 Å². The number of carbonyl (C=O) groups excluding carboxylic acids is 2. The van der Waals surface area contributed by atoms with E-state index in [0.29, 0.717) is 18.7 Å². The van der Waals surface area contributed by atoms with Gasteiger partial charge in [0.25, 0.3) is 5.91 Å². The quantitative estimate of drug-likeness (QED) is 0.675. The lowest BCUT2D eigenvalue weighted by Crippen LogP contribution is -2.39. The summed E-state index contributed by atoms with van der Waals surface area (Å²) in [7, 11) is 0. The monoisotopic (exact) mass is 355 g/mol. The number of anilines is 1. The van der Waals surface area contributed by atoms with Gasteiger partial charge in [-0.15, -0.1) is 0 Å². The zero-order chi connectivity index (χ0) is 18.9. The molecule has 0 saturated heterocycles. The molecule has 6 nitrogen and oxygen atoms in total. The normalized spacial score (nSPS) is 11.5. The summed E-state index contributed by atoms with van der Waals surface area (Å²) in [5.74, 6) is 0.244. The summed E-state index contributed by atoms with van der Waals surface area (Å²) in [5, 5.41) is 5.55. The van der Waals surface area contributed by atoms with Crippen LogP contribution in [0.25, 0.3) is 0 Å². The molecular formula is C20H25N3O3. The second-order valence-electron chi connectivity index (χ2n) is 6.18. The molecule has 2 amide bonds. The van der Waals surface area contributed by atoms with Gasteiger partial charge in [0, 0.05) is 12.2 Å². The molecule has 0 aliphatic carbocycles. The highest BCUT2D eigenvalue weighted by molar-refractivity contribution is 5.91. The second kappa shape index (κ2) is 9.58. The van der Waals surface area contributed by atoms with E-state index in [1.807, 2.05) is 55.5 Å². The van der Waals surface area contributed by atoms with Gasteiger partial charge in [-0.1, -0.05) is 29.8 Å². The molecule has 0 radical (unpaired) electrons. The van der Waals surface area contributed by atoms with Crippen LogP contribution < -0.4 is 21.1 Å². The van der Waals surface area contributed by atoms with Crippen molar-refractivity contribution in [2.45, 2.75) is 26.3 Å². The summed E-state index contributed by atoms with van der Waals surface area (Å²) in [4.78, 5) is 23.3. The largest absolute Gasteiger partial charge is 0.484 e. The number of rotatable bonds is 8. The van der Waals surface area contributed by atoms with Gasteiger partial charge in [-0.3, -0.25) is 9.59 Å². The van der Waals surface area contributed by atoms with E-state index >= 15 is 0 Å². The summed E-state index contributed by atoms with van der Waals surface area (Å²) in [6, 6.07) is 14.5. The van der Waals surface area contributed by atoms with Gasteiger partial charge in [0.15, 0.2) is 6.61 Å². The molecule has 2 rings (SSSR count). The Morgan fingerprint density at radius 2 is 1.73 bits per heavy atom. The number of aryl methyl sites for hydroxylation is 1. The van der Waals surface area contributed by atoms with Gasteiger partial charge in [-0.2, -0.15) is 0 Å². The highest BCUT2D eigenvalue weighted by atomic mass is 16.5. The van der Waals surface area contributed by atoms with Gasteiger partial charge >= 0.3 is 0 Å². The van der Waals surface area contributed by atoms with E-state index in [0.717, 1.165) is 16.8 Å². The average Bonchev–Trinajstić information content (AvgIpc) is 2.63. The maximum Gasteiger partial charge on any atom is 0.262 e. The van der Waals surface area contributed by atoms with Crippen LogP contribution in [-0.2, 0) is 16.0 Å². The molecule has 2 aromatic rings. The first-order valence-electron chi connectivity index (χ1n) is 8.55. The number of ether oxygens (including phenoxy) is 1. The Hall–Kier alpha value is -2.86. The van der Waals surface area contributed by atoms with Crippen LogP contribution in [0.2, 0.25) is 0 Å². The third-order valence-corrected chi connectivity index (χ3v) is 3.76. The highest BCUT2D eigenvalue weighted by Crippen LogP contribution is 2.13. The fourth-order valence-corrected chi connectivity index (χ4v) is 2.23. The van der Waals surface area contributed by atoms with Crippen molar-refractivity contribution in [2.75, 3.05) is 18.5 Å². The van der Waals surface area contributed by atoms with Gasteiger partial charge in [0.2, 0.25) is 5.91 Å². The van der Waals surface area contributed by atoms with Crippen molar-refractivity contribution in [2.24, 2.45) is 5.73 Å². The van der Waals surface area contributed by atoms with Gasteiger partial charge in [0.1, 0.15) is 5.75 Å². The van der Waals surface area contributed by atoms with E-state index in [4.69, 9.17) is 10.5 Å². The molecule has 1 atom stereocenters.